The third-order valence-corrected chi connectivity index (χ3v) is 7.16. The highest BCUT2D eigenvalue weighted by Crippen LogP contribution is 2.26. The summed E-state index contributed by atoms with van der Waals surface area (Å²) < 4.78 is 27.0. The van der Waals surface area contributed by atoms with Crippen LogP contribution in [0.25, 0.3) is 0 Å². The van der Waals surface area contributed by atoms with Crippen LogP contribution in [0.4, 0.5) is 4.79 Å². The largest absolute Gasteiger partial charge is 0.480 e. The van der Waals surface area contributed by atoms with Crippen LogP contribution < -0.4 is 16.0 Å². The van der Waals surface area contributed by atoms with Gasteiger partial charge in [0.1, 0.15) is 12.1 Å². The molecule has 3 rings (SSSR count). The minimum atomic E-state index is -3.90. The molecular weight excluding hydrogens is 448 g/mol. The van der Waals surface area contributed by atoms with Crippen LogP contribution in [-0.2, 0) is 26.2 Å². The maximum Gasteiger partial charge on any atom is 0.328 e. The zero-order valence-electron chi connectivity index (χ0n) is 17.8. The van der Waals surface area contributed by atoms with Crippen LogP contribution in [0.1, 0.15) is 18.4 Å². The number of hydrogen-bond donors (Lipinski definition) is 4. The Labute approximate surface area is 192 Å². The monoisotopic (exact) mass is 474 g/mol. The number of carbonyl (C=O) groups excluding carboxylic acids is 2. The summed E-state index contributed by atoms with van der Waals surface area (Å²) in [6.07, 6.45) is 0.747. The zero-order valence-corrected chi connectivity index (χ0v) is 18.6. The molecule has 3 amide bonds. The van der Waals surface area contributed by atoms with Crippen LogP contribution in [-0.4, -0.2) is 60.9 Å². The fraction of sp³-hybridized carbons (Fsp3) is 0.318. The summed E-state index contributed by atoms with van der Waals surface area (Å²) in [6.45, 7) is 0.0538. The number of sulfonamides is 1. The van der Waals surface area contributed by atoms with E-state index in [0.717, 1.165) is 9.87 Å². The van der Waals surface area contributed by atoms with Crippen LogP contribution in [0.2, 0.25) is 0 Å². The van der Waals surface area contributed by atoms with Crippen molar-refractivity contribution in [1.82, 2.24) is 20.3 Å². The molecule has 33 heavy (non-hydrogen) atoms. The number of carboxylic acids is 1. The molecule has 0 aromatic heterocycles. The van der Waals surface area contributed by atoms with Crippen molar-refractivity contribution in [2.75, 3.05) is 13.1 Å². The molecule has 0 radical (unpaired) electrons. The van der Waals surface area contributed by atoms with Crippen LogP contribution >= 0.6 is 0 Å². The Kier molecular flexibility index (Phi) is 8.01. The number of carbonyl (C=O) groups is 3. The van der Waals surface area contributed by atoms with E-state index >= 15 is 0 Å². The maximum atomic E-state index is 12.9. The second kappa shape index (κ2) is 10.9. The third-order valence-electron chi connectivity index (χ3n) is 5.23. The molecule has 2 aromatic carbocycles. The van der Waals surface area contributed by atoms with Gasteiger partial charge < -0.3 is 21.1 Å². The van der Waals surface area contributed by atoms with Crippen molar-refractivity contribution in [3.8, 4) is 0 Å². The molecule has 0 saturated carbocycles. The normalized spacial score (nSPS) is 17.2. The van der Waals surface area contributed by atoms with E-state index < -0.39 is 40.0 Å². The molecule has 10 nitrogen and oxygen atoms in total. The first-order chi connectivity index (χ1) is 15.8. The van der Waals surface area contributed by atoms with Crippen molar-refractivity contribution in [2.24, 2.45) is 0 Å². The molecule has 1 fully saturated rings. The second-order valence-electron chi connectivity index (χ2n) is 7.54. The highest BCUT2D eigenvalue weighted by Gasteiger charge is 2.40. The van der Waals surface area contributed by atoms with Gasteiger partial charge in [0.25, 0.3) is 0 Å². The number of carboxylic acid groups (broad SMARTS) is 1. The summed E-state index contributed by atoms with van der Waals surface area (Å²) in [5, 5.41) is 16.8. The molecule has 2 unspecified atom stereocenters. The number of rotatable bonds is 9. The Morgan fingerprint density at radius 1 is 1.00 bits per heavy atom. The van der Waals surface area contributed by atoms with Crippen molar-refractivity contribution in [1.29, 1.82) is 0 Å². The molecule has 4 N–H and O–H groups in total. The summed E-state index contributed by atoms with van der Waals surface area (Å²) in [7, 11) is -3.90. The van der Waals surface area contributed by atoms with E-state index in [4.69, 9.17) is 0 Å². The molecule has 2 aromatic rings. The average molecular weight is 475 g/mol. The number of urea groups is 1. The lowest BCUT2D eigenvalue weighted by atomic mass is 10.2. The summed E-state index contributed by atoms with van der Waals surface area (Å²) in [5.41, 5.74) is 0.872. The molecule has 1 saturated heterocycles. The predicted octanol–water partition coefficient (Wildman–Crippen LogP) is 0.909. The zero-order chi connectivity index (χ0) is 23.8. The van der Waals surface area contributed by atoms with Gasteiger partial charge in [-0.3, -0.25) is 4.79 Å². The Morgan fingerprint density at radius 3 is 2.27 bits per heavy atom. The number of hydrogen-bond acceptors (Lipinski definition) is 5. The topological polar surface area (TPSA) is 145 Å². The van der Waals surface area contributed by atoms with Gasteiger partial charge in [0.2, 0.25) is 15.9 Å². The van der Waals surface area contributed by atoms with E-state index in [0.29, 0.717) is 6.42 Å². The van der Waals surface area contributed by atoms with Crippen molar-refractivity contribution in [3.05, 3.63) is 66.2 Å². The first kappa shape index (κ1) is 24.2. The van der Waals surface area contributed by atoms with Crippen LogP contribution in [0.5, 0.6) is 0 Å². The number of amides is 3. The van der Waals surface area contributed by atoms with Crippen LogP contribution in [0.15, 0.2) is 65.6 Å². The molecule has 2 atom stereocenters. The van der Waals surface area contributed by atoms with E-state index in [1.807, 2.05) is 30.3 Å². The van der Waals surface area contributed by atoms with Gasteiger partial charge in [-0.1, -0.05) is 48.5 Å². The lowest BCUT2D eigenvalue weighted by Crippen LogP contribution is -2.54. The first-order valence-electron chi connectivity index (χ1n) is 10.4. The van der Waals surface area contributed by atoms with E-state index in [-0.39, 0.29) is 31.0 Å². The molecule has 11 heteroatoms. The fourth-order valence-corrected chi connectivity index (χ4v) is 5.20. The Bertz CT molecular complexity index is 1080. The number of nitrogens with one attached hydrogen (secondary N) is 3. The average Bonchev–Trinajstić information content (AvgIpc) is 3.32. The van der Waals surface area contributed by atoms with Gasteiger partial charge in [-0.2, -0.15) is 4.31 Å². The fourth-order valence-electron chi connectivity index (χ4n) is 3.52. The number of nitrogens with zero attached hydrogens (tertiary/aromatic N) is 1. The molecular formula is C22H26N4O6S. The van der Waals surface area contributed by atoms with E-state index in [1.165, 1.54) is 12.1 Å². The van der Waals surface area contributed by atoms with Crippen molar-refractivity contribution in [2.45, 2.75) is 36.4 Å². The lowest BCUT2D eigenvalue weighted by Gasteiger charge is -2.25. The predicted molar refractivity (Wildman–Crippen MR) is 120 cm³/mol. The molecule has 176 valence electrons. The van der Waals surface area contributed by atoms with Crippen molar-refractivity contribution < 1.29 is 27.9 Å². The maximum absolute atomic E-state index is 12.9. The van der Waals surface area contributed by atoms with Crippen LogP contribution in [0, 0.1) is 0 Å². The summed E-state index contributed by atoms with van der Waals surface area (Å²) in [5.74, 6) is -2.06. The molecule has 1 aliphatic rings. The van der Waals surface area contributed by atoms with Crippen molar-refractivity contribution in [3.63, 3.8) is 0 Å². The number of aliphatic carboxylic acids is 1. The van der Waals surface area contributed by atoms with E-state index in [9.17, 15) is 27.9 Å². The van der Waals surface area contributed by atoms with Gasteiger partial charge in [0.05, 0.1) is 11.4 Å². The standard InChI is InChI=1S/C22H26N4O6S/c27-20(19-12-7-13-26(19)33(31,32)17-10-5-2-6-11-17)25-18(21(28)29)15-24-22(30)23-14-16-8-3-1-4-9-16/h1-6,8-11,18-19H,7,12-15H2,(H,25,27)(H,28,29)(H2,23,24,30). The molecule has 0 aliphatic carbocycles. The Hall–Kier alpha value is -3.44. The van der Waals surface area contributed by atoms with Crippen LogP contribution in [0.3, 0.4) is 0 Å². The molecule has 0 spiro atoms. The van der Waals surface area contributed by atoms with Gasteiger partial charge >= 0.3 is 12.0 Å². The SMILES string of the molecule is O=C(NCc1ccccc1)NCC(NC(=O)C1CCCN1S(=O)(=O)c1ccccc1)C(=O)O. The smallest absolute Gasteiger partial charge is 0.328 e. The highest BCUT2D eigenvalue weighted by molar-refractivity contribution is 7.89. The quantitative estimate of drug-likeness (QED) is 0.425. The molecule has 0 bridgehead atoms. The Morgan fingerprint density at radius 2 is 1.64 bits per heavy atom. The van der Waals surface area contributed by atoms with Gasteiger partial charge in [0.15, 0.2) is 0 Å². The summed E-state index contributed by atoms with van der Waals surface area (Å²) in [6, 6.07) is 13.9. The van der Waals surface area contributed by atoms with Gasteiger partial charge in [-0.05, 0) is 30.5 Å². The third kappa shape index (κ3) is 6.30. The van der Waals surface area contributed by atoms with Gasteiger partial charge in [-0.25, -0.2) is 18.0 Å². The molecule has 1 heterocycles. The number of benzene rings is 2. The summed E-state index contributed by atoms with van der Waals surface area (Å²) in [4.78, 5) is 36.5. The minimum absolute atomic E-state index is 0.0660. The van der Waals surface area contributed by atoms with E-state index in [1.54, 1.807) is 18.2 Å². The Balaban J connectivity index is 1.58. The first-order valence-corrected chi connectivity index (χ1v) is 11.9. The van der Waals surface area contributed by atoms with E-state index in [2.05, 4.69) is 16.0 Å². The lowest BCUT2D eigenvalue weighted by molar-refractivity contribution is -0.142. The summed E-state index contributed by atoms with van der Waals surface area (Å²) >= 11 is 0. The van der Waals surface area contributed by atoms with Gasteiger partial charge in [-0.15, -0.1) is 0 Å². The highest BCUT2D eigenvalue weighted by atomic mass is 32.2. The van der Waals surface area contributed by atoms with Gasteiger partial charge in [0, 0.05) is 13.1 Å². The second-order valence-corrected chi connectivity index (χ2v) is 9.43. The van der Waals surface area contributed by atoms with Crippen molar-refractivity contribution >= 4 is 27.9 Å². The molecule has 1 aliphatic heterocycles. The minimum Gasteiger partial charge on any atom is -0.480 e.